The minimum atomic E-state index is -0.299. The van der Waals surface area contributed by atoms with Crippen molar-refractivity contribution >= 4 is 5.91 Å². The number of rotatable bonds is 4. The largest absolute Gasteiger partial charge is 0.370 e. The lowest BCUT2D eigenvalue weighted by atomic mass is 10.0. The SMILES string of the molecule is Cc1ccc(C(N)CCC(N)=O)cc1. The van der Waals surface area contributed by atoms with Crippen molar-refractivity contribution in [1.82, 2.24) is 0 Å². The number of carbonyl (C=O) groups is 1. The van der Waals surface area contributed by atoms with Crippen molar-refractivity contribution in [2.75, 3.05) is 0 Å². The molecule has 0 aliphatic carbocycles. The van der Waals surface area contributed by atoms with Crippen LogP contribution in [0.15, 0.2) is 24.3 Å². The standard InChI is InChI=1S/C11H16N2O/c1-8-2-4-9(5-3-8)10(12)6-7-11(13)14/h2-5,10H,6-7,12H2,1H3,(H2,13,14). The molecule has 0 aliphatic heterocycles. The summed E-state index contributed by atoms with van der Waals surface area (Å²) in [5.41, 5.74) is 13.2. The highest BCUT2D eigenvalue weighted by atomic mass is 16.1. The van der Waals surface area contributed by atoms with Crippen LogP contribution in [0.25, 0.3) is 0 Å². The second-order valence-corrected chi connectivity index (χ2v) is 3.52. The molecular weight excluding hydrogens is 176 g/mol. The van der Waals surface area contributed by atoms with Crippen LogP contribution in [0.2, 0.25) is 0 Å². The third-order valence-corrected chi connectivity index (χ3v) is 2.21. The van der Waals surface area contributed by atoms with E-state index in [1.54, 1.807) is 0 Å². The maximum absolute atomic E-state index is 10.6. The van der Waals surface area contributed by atoms with Crippen molar-refractivity contribution in [3.05, 3.63) is 35.4 Å². The van der Waals surface area contributed by atoms with Gasteiger partial charge in [0.25, 0.3) is 0 Å². The van der Waals surface area contributed by atoms with E-state index in [2.05, 4.69) is 0 Å². The molecule has 0 radical (unpaired) electrons. The summed E-state index contributed by atoms with van der Waals surface area (Å²) in [6, 6.07) is 7.91. The quantitative estimate of drug-likeness (QED) is 0.754. The molecular formula is C11H16N2O. The minimum Gasteiger partial charge on any atom is -0.370 e. The van der Waals surface area contributed by atoms with Gasteiger partial charge in [-0.2, -0.15) is 0 Å². The maximum atomic E-state index is 10.6. The molecule has 0 fully saturated rings. The van der Waals surface area contributed by atoms with Gasteiger partial charge >= 0.3 is 0 Å². The zero-order valence-electron chi connectivity index (χ0n) is 8.36. The van der Waals surface area contributed by atoms with E-state index in [0.29, 0.717) is 12.8 Å². The average Bonchev–Trinajstić information content (AvgIpc) is 2.15. The van der Waals surface area contributed by atoms with Gasteiger partial charge in [0, 0.05) is 12.5 Å². The second-order valence-electron chi connectivity index (χ2n) is 3.52. The molecule has 0 saturated carbocycles. The molecule has 3 heteroatoms. The summed E-state index contributed by atoms with van der Waals surface area (Å²) in [4.78, 5) is 10.6. The fourth-order valence-electron chi connectivity index (χ4n) is 1.28. The average molecular weight is 192 g/mol. The molecule has 0 aromatic heterocycles. The number of hydrogen-bond acceptors (Lipinski definition) is 2. The molecule has 4 N–H and O–H groups in total. The molecule has 1 rings (SSSR count). The summed E-state index contributed by atoms with van der Waals surface area (Å²) in [5, 5.41) is 0. The fraction of sp³-hybridized carbons (Fsp3) is 0.364. The van der Waals surface area contributed by atoms with Gasteiger partial charge < -0.3 is 11.5 Å². The summed E-state index contributed by atoms with van der Waals surface area (Å²) in [6.45, 7) is 2.03. The first-order chi connectivity index (χ1) is 6.59. The third-order valence-electron chi connectivity index (χ3n) is 2.21. The third kappa shape index (κ3) is 3.18. The van der Waals surface area contributed by atoms with Crippen molar-refractivity contribution < 1.29 is 4.79 Å². The number of primary amides is 1. The monoisotopic (exact) mass is 192 g/mol. The van der Waals surface area contributed by atoms with E-state index in [4.69, 9.17) is 11.5 Å². The Labute approximate surface area is 84.1 Å². The van der Waals surface area contributed by atoms with Gasteiger partial charge in [0.1, 0.15) is 0 Å². The van der Waals surface area contributed by atoms with E-state index in [1.165, 1.54) is 5.56 Å². The summed E-state index contributed by atoms with van der Waals surface area (Å²) >= 11 is 0. The zero-order valence-corrected chi connectivity index (χ0v) is 8.36. The number of amides is 1. The number of aryl methyl sites for hydroxylation is 1. The van der Waals surface area contributed by atoms with E-state index in [1.807, 2.05) is 31.2 Å². The highest BCUT2D eigenvalue weighted by Crippen LogP contribution is 2.15. The number of hydrogen-bond donors (Lipinski definition) is 2. The predicted octanol–water partition coefficient (Wildman–Crippen LogP) is 1.26. The molecule has 14 heavy (non-hydrogen) atoms. The van der Waals surface area contributed by atoms with E-state index in [0.717, 1.165) is 5.56 Å². The highest BCUT2D eigenvalue weighted by molar-refractivity contribution is 5.73. The Morgan fingerprint density at radius 2 is 1.93 bits per heavy atom. The van der Waals surface area contributed by atoms with Crippen LogP contribution in [0.3, 0.4) is 0 Å². The molecule has 1 amide bonds. The van der Waals surface area contributed by atoms with Crippen molar-refractivity contribution in [3.8, 4) is 0 Å². The van der Waals surface area contributed by atoms with Crippen LogP contribution in [0.5, 0.6) is 0 Å². The predicted molar refractivity (Wildman–Crippen MR) is 56.5 cm³/mol. The van der Waals surface area contributed by atoms with Gasteiger partial charge in [-0.3, -0.25) is 4.79 Å². The Morgan fingerprint density at radius 1 is 1.36 bits per heavy atom. The molecule has 1 aromatic carbocycles. The lowest BCUT2D eigenvalue weighted by molar-refractivity contribution is -0.118. The summed E-state index contributed by atoms with van der Waals surface area (Å²) in [5.74, 6) is -0.299. The maximum Gasteiger partial charge on any atom is 0.217 e. The first-order valence-corrected chi connectivity index (χ1v) is 4.70. The zero-order chi connectivity index (χ0) is 10.6. The molecule has 76 valence electrons. The van der Waals surface area contributed by atoms with Crippen LogP contribution in [0.4, 0.5) is 0 Å². The normalized spacial score (nSPS) is 12.4. The van der Waals surface area contributed by atoms with Gasteiger partial charge in [-0.05, 0) is 18.9 Å². The lowest BCUT2D eigenvalue weighted by Crippen LogP contribution is -2.16. The Hall–Kier alpha value is -1.35. The summed E-state index contributed by atoms with van der Waals surface area (Å²) < 4.78 is 0. The molecule has 0 aliphatic rings. The van der Waals surface area contributed by atoms with Crippen molar-refractivity contribution in [3.63, 3.8) is 0 Å². The van der Waals surface area contributed by atoms with Crippen LogP contribution in [-0.2, 0) is 4.79 Å². The van der Waals surface area contributed by atoms with E-state index < -0.39 is 0 Å². The van der Waals surface area contributed by atoms with Crippen molar-refractivity contribution in [2.45, 2.75) is 25.8 Å². The van der Waals surface area contributed by atoms with Crippen LogP contribution in [-0.4, -0.2) is 5.91 Å². The van der Waals surface area contributed by atoms with Gasteiger partial charge in [0.2, 0.25) is 5.91 Å². The van der Waals surface area contributed by atoms with Gasteiger partial charge in [-0.15, -0.1) is 0 Å². The molecule has 0 heterocycles. The highest BCUT2D eigenvalue weighted by Gasteiger charge is 2.06. The van der Waals surface area contributed by atoms with E-state index in [9.17, 15) is 4.79 Å². The van der Waals surface area contributed by atoms with Crippen molar-refractivity contribution in [2.24, 2.45) is 11.5 Å². The number of carbonyl (C=O) groups excluding carboxylic acids is 1. The van der Waals surface area contributed by atoms with Crippen LogP contribution in [0.1, 0.15) is 30.0 Å². The Morgan fingerprint density at radius 3 is 2.43 bits per heavy atom. The molecule has 1 aromatic rings. The topological polar surface area (TPSA) is 69.1 Å². The molecule has 0 spiro atoms. The Bertz CT molecular complexity index is 306. The van der Waals surface area contributed by atoms with Crippen molar-refractivity contribution in [1.29, 1.82) is 0 Å². The van der Waals surface area contributed by atoms with Crippen LogP contribution >= 0.6 is 0 Å². The lowest BCUT2D eigenvalue weighted by Gasteiger charge is -2.10. The van der Waals surface area contributed by atoms with Gasteiger partial charge in [-0.1, -0.05) is 29.8 Å². The molecule has 1 unspecified atom stereocenters. The summed E-state index contributed by atoms with van der Waals surface area (Å²) in [7, 11) is 0. The Kier molecular flexibility index (Phi) is 3.65. The first-order valence-electron chi connectivity index (χ1n) is 4.70. The fourth-order valence-corrected chi connectivity index (χ4v) is 1.28. The number of nitrogens with two attached hydrogens (primary N) is 2. The molecule has 0 bridgehead atoms. The minimum absolute atomic E-state index is 0.0944. The van der Waals surface area contributed by atoms with Gasteiger partial charge in [-0.25, -0.2) is 0 Å². The number of benzene rings is 1. The molecule has 1 atom stereocenters. The van der Waals surface area contributed by atoms with E-state index >= 15 is 0 Å². The van der Waals surface area contributed by atoms with Gasteiger partial charge in [0.15, 0.2) is 0 Å². The second kappa shape index (κ2) is 4.77. The smallest absolute Gasteiger partial charge is 0.217 e. The summed E-state index contributed by atoms with van der Waals surface area (Å²) in [6.07, 6.45) is 0.952. The molecule has 3 nitrogen and oxygen atoms in total. The van der Waals surface area contributed by atoms with E-state index in [-0.39, 0.29) is 11.9 Å². The first kappa shape index (κ1) is 10.7. The Balaban J connectivity index is 2.56. The molecule has 0 saturated heterocycles. The van der Waals surface area contributed by atoms with Crippen LogP contribution in [0, 0.1) is 6.92 Å². The van der Waals surface area contributed by atoms with Crippen LogP contribution < -0.4 is 11.5 Å². The van der Waals surface area contributed by atoms with Gasteiger partial charge in [0.05, 0.1) is 0 Å².